The molecule has 6 nitrogen and oxygen atoms in total. The Kier molecular flexibility index (Phi) is 5.71. The van der Waals surface area contributed by atoms with E-state index in [0.29, 0.717) is 25.3 Å². The Morgan fingerprint density at radius 3 is 2.79 bits per heavy atom. The topological polar surface area (TPSA) is 62.2 Å². The summed E-state index contributed by atoms with van der Waals surface area (Å²) in [7, 11) is 0. The van der Waals surface area contributed by atoms with Crippen molar-refractivity contribution in [1.82, 2.24) is 9.80 Å². The first-order valence-electron chi connectivity index (χ1n) is 8.64. The van der Waals surface area contributed by atoms with Gasteiger partial charge in [-0.05, 0) is 31.0 Å². The summed E-state index contributed by atoms with van der Waals surface area (Å²) < 4.78 is 11.3. The summed E-state index contributed by atoms with van der Waals surface area (Å²) in [6.07, 6.45) is 0.819. The van der Waals surface area contributed by atoms with E-state index in [4.69, 9.17) is 9.47 Å². The molecule has 1 aromatic carbocycles. The van der Waals surface area contributed by atoms with Gasteiger partial charge in [0.15, 0.2) is 0 Å². The smallest absolute Gasteiger partial charge is 0.257 e. The summed E-state index contributed by atoms with van der Waals surface area (Å²) in [4.78, 5) is 16.9. The van der Waals surface area contributed by atoms with Crippen molar-refractivity contribution in [1.29, 1.82) is 0 Å². The van der Waals surface area contributed by atoms with Crippen LogP contribution in [0.15, 0.2) is 18.2 Å². The summed E-state index contributed by atoms with van der Waals surface area (Å²) in [5.74, 6) is -0.0696. The molecule has 132 valence electrons. The Hall–Kier alpha value is -1.63. The Morgan fingerprint density at radius 1 is 1.25 bits per heavy atom. The van der Waals surface area contributed by atoms with Crippen molar-refractivity contribution in [2.24, 2.45) is 0 Å². The monoisotopic (exact) mass is 334 g/mol. The van der Waals surface area contributed by atoms with Crippen molar-refractivity contribution in [3.05, 3.63) is 29.3 Å². The standard InChI is InChI=1S/C18H26N2O4/c1-14-3-4-16(17(21)11-14)18(22)20-5-2-8-24-15(13-20)12-19-6-9-23-10-7-19/h3-4,11,15,21H,2,5-10,12-13H2,1H3. The number of nitrogens with zero attached hydrogens (tertiary/aromatic N) is 2. The molecule has 2 fully saturated rings. The number of ether oxygens (including phenoxy) is 2. The van der Waals surface area contributed by atoms with Crippen molar-refractivity contribution >= 4 is 5.91 Å². The van der Waals surface area contributed by atoms with E-state index in [1.54, 1.807) is 12.1 Å². The summed E-state index contributed by atoms with van der Waals surface area (Å²) in [5.41, 5.74) is 1.31. The van der Waals surface area contributed by atoms with Gasteiger partial charge in [-0.1, -0.05) is 6.07 Å². The van der Waals surface area contributed by atoms with E-state index in [0.717, 1.165) is 44.8 Å². The number of carbonyl (C=O) groups excluding carboxylic acids is 1. The number of aromatic hydroxyl groups is 1. The van der Waals surface area contributed by atoms with E-state index in [-0.39, 0.29) is 17.8 Å². The van der Waals surface area contributed by atoms with E-state index < -0.39 is 0 Å². The molecule has 1 N–H and O–H groups in total. The zero-order chi connectivity index (χ0) is 16.9. The lowest BCUT2D eigenvalue weighted by Gasteiger charge is -2.31. The lowest BCUT2D eigenvalue weighted by Crippen LogP contribution is -2.45. The van der Waals surface area contributed by atoms with E-state index in [2.05, 4.69) is 4.90 Å². The number of amides is 1. The maximum absolute atomic E-state index is 12.8. The SMILES string of the molecule is Cc1ccc(C(=O)N2CCCOC(CN3CCOCC3)C2)c(O)c1. The second kappa shape index (κ2) is 7.96. The molecule has 2 aliphatic rings. The number of benzene rings is 1. The lowest BCUT2D eigenvalue weighted by molar-refractivity contribution is -0.0112. The molecule has 0 bridgehead atoms. The molecule has 0 spiro atoms. The predicted molar refractivity (Wildman–Crippen MR) is 90.4 cm³/mol. The number of aryl methyl sites for hydroxylation is 1. The van der Waals surface area contributed by atoms with Gasteiger partial charge in [-0.25, -0.2) is 0 Å². The molecular weight excluding hydrogens is 308 g/mol. The van der Waals surface area contributed by atoms with Gasteiger partial charge >= 0.3 is 0 Å². The van der Waals surface area contributed by atoms with Gasteiger partial charge in [0, 0.05) is 39.3 Å². The van der Waals surface area contributed by atoms with Crippen LogP contribution in [0.4, 0.5) is 0 Å². The third-order valence-corrected chi connectivity index (χ3v) is 4.59. The second-order valence-electron chi connectivity index (χ2n) is 6.53. The molecule has 2 aliphatic heterocycles. The largest absolute Gasteiger partial charge is 0.507 e. The van der Waals surface area contributed by atoms with Crippen LogP contribution in [0.25, 0.3) is 0 Å². The minimum Gasteiger partial charge on any atom is -0.507 e. The minimum atomic E-state index is -0.120. The van der Waals surface area contributed by atoms with Crippen LogP contribution in [-0.4, -0.2) is 79.5 Å². The highest BCUT2D eigenvalue weighted by atomic mass is 16.5. The van der Waals surface area contributed by atoms with Gasteiger partial charge in [0.25, 0.3) is 5.91 Å². The molecule has 1 amide bonds. The molecule has 0 radical (unpaired) electrons. The summed E-state index contributed by atoms with van der Waals surface area (Å²) in [5, 5.41) is 10.1. The fraction of sp³-hybridized carbons (Fsp3) is 0.611. The van der Waals surface area contributed by atoms with E-state index in [9.17, 15) is 9.90 Å². The maximum Gasteiger partial charge on any atom is 0.257 e. The first kappa shape index (κ1) is 17.2. The highest BCUT2D eigenvalue weighted by Crippen LogP contribution is 2.21. The van der Waals surface area contributed by atoms with Gasteiger partial charge in [0.05, 0.1) is 24.9 Å². The average molecular weight is 334 g/mol. The number of rotatable bonds is 3. The third-order valence-electron chi connectivity index (χ3n) is 4.59. The Labute approximate surface area is 143 Å². The van der Waals surface area contributed by atoms with Crippen molar-refractivity contribution in [2.45, 2.75) is 19.4 Å². The molecule has 1 aromatic rings. The van der Waals surface area contributed by atoms with Gasteiger partial charge in [0.2, 0.25) is 0 Å². The molecule has 0 saturated carbocycles. The first-order chi connectivity index (χ1) is 11.6. The predicted octanol–water partition coefficient (Wildman–Crippen LogP) is 1.26. The molecular formula is C18H26N2O4. The van der Waals surface area contributed by atoms with E-state index >= 15 is 0 Å². The number of hydrogen-bond acceptors (Lipinski definition) is 5. The van der Waals surface area contributed by atoms with Gasteiger partial charge < -0.3 is 19.5 Å². The minimum absolute atomic E-state index is 0.00198. The highest BCUT2D eigenvalue weighted by molar-refractivity contribution is 5.97. The maximum atomic E-state index is 12.8. The van der Waals surface area contributed by atoms with Gasteiger partial charge in [0.1, 0.15) is 5.75 Å². The quantitative estimate of drug-likeness (QED) is 0.902. The number of phenols is 1. The van der Waals surface area contributed by atoms with Crippen molar-refractivity contribution < 1.29 is 19.4 Å². The highest BCUT2D eigenvalue weighted by Gasteiger charge is 2.26. The van der Waals surface area contributed by atoms with Crippen LogP contribution in [-0.2, 0) is 9.47 Å². The second-order valence-corrected chi connectivity index (χ2v) is 6.53. The molecule has 0 aromatic heterocycles. The number of hydrogen-bond donors (Lipinski definition) is 1. The Bertz CT molecular complexity index is 572. The number of carbonyl (C=O) groups is 1. The van der Waals surface area contributed by atoms with E-state index in [1.165, 1.54) is 0 Å². The molecule has 3 rings (SSSR count). The van der Waals surface area contributed by atoms with Crippen LogP contribution >= 0.6 is 0 Å². The van der Waals surface area contributed by atoms with Gasteiger partial charge in [-0.15, -0.1) is 0 Å². The van der Waals surface area contributed by atoms with Crippen molar-refractivity contribution in [3.8, 4) is 5.75 Å². The first-order valence-corrected chi connectivity index (χ1v) is 8.64. The molecule has 24 heavy (non-hydrogen) atoms. The van der Waals surface area contributed by atoms with E-state index in [1.807, 2.05) is 17.9 Å². The summed E-state index contributed by atoms with van der Waals surface area (Å²) in [6, 6.07) is 5.19. The molecule has 6 heteroatoms. The van der Waals surface area contributed by atoms with Crippen LogP contribution < -0.4 is 0 Å². The molecule has 2 heterocycles. The molecule has 2 saturated heterocycles. The van der Waals surface area contributed by atoms with Crippen molar-refractivity contribution in [3.63, 3.8) is 0 Å². The fourth-order valence-corrected chi connectivity index (χ4v) is 3.25. The van der Waals surface area contributed by atoms with Crippen molar-refractivity contribution in [2.75, 3.05) is 52.5 Å². The number of morpholine rings is 1. The normalized spacial score (nSPS) is 23.0. The van der Waals surface area contributed by atoms with Crippen LogP contribution in [0.1, 0.15) is 22.3 Å². The van der Waals surface area contributed by atoms with Gasteiger partial charge in [-0.2, -0.15) is 0 Å². The molecule has 0 aliphatic carbocycles. The lowest BCUT2D eigenvalue weighted by atomic mass is 10.1. The van der Waals surface area contributed by atoms with Crippen LogP contribution in [0.2, 0.25) is 0 Å². The number of phenolic OH excluding ortho intramolecular Hbond substituents is 1. The molecule has 1 atom stereocenters. The molecule has 1 unspecified atom stereocenters. The van der Waals surface area contributed by atoms with Gasteiger partial charge in [-0.3, -0.25) is 9.69 Å². The van der Waals surface area contributed by atoms with Crippen LogP contribution in [0, 0.1) is 6.92 Å². The average Bonchev–Trinajstić information content (AvgIpc) is 2.81. The summed E-state index contributed by atoms with van der Waals surface area (Å²) in [6.45, 7) is 7.92. The van der Waals surface area contributed by atoms with Crippen LogP contribution in [0.5, 0.6) is 5.75 Å². The third kappa shape index (κ3) is 4.26. The Balaban J connectivity index is 1.66. The Morgan fingerprint density at radius 2 is 2.04 bits per heavy atom. The fourth-order valence-electron chi connectivity index (χ4n) is 3.25. The zero-order valence-electron chi connectivity index (χ0n) is 14.2. The van der Waals surface area contributed by atoms with Crippen LogP contribution in [0.3, 0.4) is 0 Å². The zero-order valence-corrected chi connectivity index (χ0v) is 14.2. The summed E-state index contributed by atoms with van der Waals surface area (Å²) >= 11 is 0.